The second-order valence-corrected chi connectivity index (χ2v) is 10.5. The van der Waals surface area contributed by atoms with Crippen LogP contribution in [-0.4, -0.2) is 76.5 Å². The molecular formula is C21H23ClN6O4S2. The maximum Gasteiger partial charge on any atom is 0.226 e. The van der Waals surface area contributed by atoms with Crippen molar-refractivity contribution in [1.29, 1.82) is 0 Å². The summed E-state index contributed by atoms with van der Waals surface area (Å²) >= 11 is 9.56. The molecule has 180 valence electrons. The summed E-state index contributed by atoms with van der Waals surface area (Å²) in [6.45, 7) is 1.66. The first kappa shape index (κ1) is 23.7. The number of anilines is 1. The maximum absolute atomic E-state index is 10.4. The van der Waals surface area contributed by atoms with E-state index in [-0.39, 0.29) is 11.3 Å². The molecule has 10 nitrogen and oxygen atoms in total. The van der Waals surface area contributed by atoms with Crippen LogP contribution in [0.15, 0.2) is 34.9 Å². The highest BCUT2D eigenvalue weighted by molar-refractivity contribution is 8.01. The molecule has 0 aliphatic carbocycles. The van der Waals surface area contributed by atoms with E-state index in [0.717, 1.165) is 26.7 Å². The Morgan fingerprint density at radius 1 is 1.24 bits per heavy atom. The largest absolute Gasteiger partial charge is 0.394 e. The van der Waals surface area contributed by atoms with Gasteiger partial charge >= 0.3 is 0 Å². The third kappa shape index (κ3) is 4.47. The molecule has 1 aliphatic heterocycles. The molecule has 5 atom stereocenters. The summed E-state index contributed by atoms with van der Waals surface area (Å²) in [5, 5.41) is 33.3. The number of halogens is 1. The zero-order valence-corrected chi connectivity index (χ0v) is 20.5. The normalized spacial score (nSPS) is 23.7. The van der Waals surface area contributed by atoms with Crippen molar-refractivity contribution < 1.29 is 20.1 Å². The third-order valence-corrected chi connectivity index (χ3v) is 8.21. The molecular weight excluding hydrogens is 500 g/mol. The van der Waals surface area contributed by atoms with Crippen molar-refractivity contribution in [1.82, 2.24) is 24.5 Å². The predicted octanol–water partition coefficient (Wildman–Crippen LogP) is 2.68. The van der Waals surface area contributed by atoms with Crippen molar-refractivity contribution in [3.63, 3.8) is 0 Å². The van der Waals surface area contributed by atoms with Crippen LogP contribution in [-0.2, 0) is 4.74 Å². The minimum Gasteiger partial charge on any atom is -0.394 e. The van der Waals surface area contributed by atoms with Crippen molar-refractivity contribution >= 4 is 61.9 Å². The molecule has 4 aromatic rings. The fraction of sp³-hybridized carbons (Fsp3) is 0.429. The van der Waals surface area contributed by atoms with Gasteiger partial charge in [0, 0.05) is 11.8 Å². The van der Waals surface area contributed by atoms with E-state index in [1.165, 1.54) is 10.9 Å². The van der Waals surface area contributed by atoms with Gasteiger partial charge in [-0.1, -0.05) is 30.8 Å². The highest BCUT2D eigenvalue weighted by Gasteiger charge is 2.44. The number of ether oxygens (including phenoxy) is 1. The topological polar surface area (TPSA) is 138 Å². The molecule has 1 saturated heterocycles. The van der Waals surface area contributed by atoms with Crippen LogP contribution in [0.1, 0.15) is 19.6 Å². The van der Waals surface area contributed by atoms with E-state index in [1.54, 1.807) is 23.1 Å². The number of imidazole rings is 1. The zero-order valence-electron chi connectivity index (χ0n) is 18.1. The second kappa shape index (κ2) is 9.90. The molecule has 5 unspecified atom stereocenters. The lowest BCUT2D eigenvalue weighted by Crippen LogP contribution is -2.33. The summed E-state index contributed by atoms with van der Waals surface area (Å²) in [6, 6.07) is 8.12. The van der Waals surface area contributed by atoms with Gasteiger partial charge in [0.25, 0.3) is 0 Å². The summed E-state index contributed by atoms with van der Waals surface area (Å²) in [6.07, 6.45) is -2.07. The molecule has 0 spiro atoms. The molecule has 13 heteroatoms. The molecule has 0 amide bonds. The number of hydrogen-bond acceptors (Lipinski definition) is 11. The number of aliphatic hydroxyl groups is 3. The van der Waals surface area contributed by atoms with Gasteiger partial charge in [0.2, 0.25) is 5.28 Å². The van der Waals surface area contributed by atoms with Gasteiger partial charge in [0.15, 0.2) is 27.5 Å². The SMILES string of the molecule is CCC(CSc1nc2ccccc2s1)Nc1nc(Cl)nc2c1ncn2C1OC(CO)C(O)C1O. The summed E-state index contributed by atoms with van der Waals surface area (Å²) < 4.78 is 9.28. The van der Waals surface area contributed by atoms with Crippen LogP contribution in [0.5, 0.6) is 0 Å². The predicted molar refractivity (Wildman–Crippen MR) is 131 cm³/mol. The minimum atomic E-state index is -1.26. The third-order valence-electron chi connectivity index (χ3n) is 5.70. The monoisotopic (exact) mass is 522 g/mol. The number of nitrogens with one attached hydrogen (secondary N) is 1. The Morgan fingerprint density at radius 2 is 2.06 bits per heavy atom. The van der Waals surface area contributed by atoms with Crippen molar-refractivity contribution in [2.24, 2.45) is 0 Å². The van der Waals surface area contributed by atoms with Crippen molar-refractivity contribution in [2.45, 2.75) is 48.3 Å². The molecule has 1 fully saturated rings. The minimum absolute atomic E-state index is 0.0113. The van der Waals surface area contributed by atoms with Crippen LogP contribution < -0.4 is 5.32 Å². The molecule has 0 saturated carbocycles. The Hall–Kier alpha value is -2.06. The zero-order chi connectivity index (χ0) is 23.8. The number of aromatic nitrogens is 5. The van der Waals surface area contributed by atoms with E-state index in [1.807, 2.05) is 18.2 Å². The van der Waals surface area contributed by atoms with Crippen molar-refractivity contribution in [3.8, 4) is 0 Å². The van der Waals surface area contributed by atoms with Gasteiger partial charge < -0.3 is 25.4 Å². The smallest absolute Gasteiger partial charge is 0.226 e. The Kier molecular flexibility index (Phi) is 6.89. The number of nitrogens with zero attached hydrogens (tertiary/aromatic N) is 5. The van der Waals surface area contributed by atoms with Crippen LogP contribution >= 0.6 is 34.7 Å². The maximum atomic E-state index is 10.4. The fourth-order valence-electron chi connectivity index (χ4n) is 3.83. The van der Waals surface area contributed by atoms with Gasteiger partial charge in [-0.05, 0) is 30.2 Å². The number of thiazole rings is 1. The lowest BCUT2D eigenvalue weighted by molar-refractivity contribution is -0.0511. The summed E-state index contributed by atoms with van der Waals surface area (Å²) in [7, 11) is 0. The fourth-order valence-corrected chi connectivity index (χ4v) is 6.22. The van der Waals surface area contributed by atoms with Crippen molar-refractivity contribution in [3.05, 3.63) is 35.9 Å². The van der Waals surface area contributed by atoms with Crippen LogP contribution in [0.25, 0.3) is 21.4 Å². The van der Waals surface area contributed by atoms with E-state index < -0.39 is 31.1 Å². The average Bonchev–Trinajstić information content (AvgIpc) is 3.52. The highest BCUT2D eigenvalue weighted by Crippen LogP contribution is 2.34. The number of thioether (sulfide) groups is 1. The van der Waals surface area contributed by atoms with E-state index in [0.29, 0.717) is 17.0 Å². The highest BCUT2D eigenvalue weighted by atomic mass is 35.5. The van der Waals surface area contributed by atoms with E-state index in [9.17, 15) is 15.3 Å². The summed E-state index contributed by atoms with van der Waals surface area (Å²) in [5.41, 5.74) is 1.81. The lowest BCUT2D eigenvalue weighted by Gasteiger charge is -2.18. The second-order valence-electron chi connectivity index (χ2n) is 7.90. The number of aliphatic hydroxyl groups excluding tert-OH is 3. The summed E-state index contributed by atoms with van der Waals surface area (Å²) in [5.74, 6) is 1.23. The van der Waals surface area contributed by atoms with E-state index in [2.05, 4.69) is 38.2 Å². The van der Waals surface area contributed by atoms with Gasteiger partial charge in [0.05, 0.1) is 23.2 Å². The molecule has 4 heterocycles. The summed E-state index contributed by atoms with van der Waals surface area (Å²) in [4.78, 5) is 17.7. The molecule has 0 radical (unpaired) electrons. The Morgan fingerprint density at radius 3 is 2.79 bits per heavy atom. The van der Waals surface area contributed by atoms with Crippen LogP contribution in [0, 0.1) is 0 Å². The van der Waals surface area contributed by atoms with E-state index >= 15 is 0 Å². The van der Waals surface area contributed by atoms with Crippen LogP contribution in [0.2, 0.25) is 5.28 Å². The first-order chi connectivity index (χ1) is 16.5. The molecule has 3 aromatic heterocycles. The standard InChI is InChI=1S/C21H23ClN6O4S2/c1-2-10(8-33-21-25-11-5-3-4-6-13(11)34-21)24-17-14-18(27-20(22)26-17)28(9-23-14)19-16(31)15(30)12(7-29)32-19/h3-6,9-10,12,15-16,19,29-31H,2,7-8H2,1H3,(H,24,26,27). The van der Waals surface area contributed by atoms with Crippen LogP contribution in [0.4, 0.5) is 5.82 Å². The molecule has 34 heavy (non-hydrogen) atoms. The average molecular weight is 523 g/mol. The van der Waals surface area contributed by atoms with Gasteiger partial charge in [0.1, 0.15) is 18.3 Å². The van der Waals surface area contributed by atoms with Gasteiger partial charge in [-0.3, -0.25) is 4.57 Å². The number of fused-ring (bicyclic) bond motifs is 2. The molecule has 1 aliphatic rings. The first-order valence-electron chi connectivity index (χ1n) is 10.8. The van der Waals surface area contributed by atoms with Gasteiger partial charge in [-0.25, -0.2) is 9.97 Å². The number of rotatable bonds is 8. The Labute approximate surface area is 208 Å². The molecule has 5 rings (SSSR count). The van der Waals surface area contributed by atoms with Gasteiger partial charge in [-0.15, -0.1) is 11.3 Å². The first-order valence-corrected chi connectivity index (χ1v) is 12.9. The number of para-hydroxylation sites is 1. The number of benzene rings is 1. The quantitative estimate of drug-likeness (QED) is 0.202. The van der Waals surface area contributed by atoms with Crippen molar-refractivity contribution in [2.75, 3.05) is 17.7 Å². The molecule has 1 aromatic carbocycles. The molecule has 0 bridgehead atoms. The Balaban J connectivity index is 1.36. The number of hydrogen-bond donors (Lipinski definition) is 4. The lowest BCUT2D eigenvalue weighted by atomic mass is 10.1. The van der Waals surface area contributed by atoms with E-state index in [4.69, 9.17) is 16.3 Å². The molecule has 4 N–H and O–H groups in total. The Bertz CT molecular complexity index is 1270. The van der Waals surface area contributed by atoms with Gasteiger partial charge in [-0.2, -0.15) is 9.97 Å². The van der Waals surface area contributed by atoms with Crippen LogP contribution in [0.3, 0.4) is 0 Å².